The minimum atomic E-state index is 0.243. The summed E-state index contributed by atoms with van der Waals surface area (Å²) in [4.78, 5) is 0. The van der Waals surface area contributed by atoms with Crippen molar-refractivity contribution < 1.29 is 0 Å². The van der Waals surface area contributed by atoms with Crippen molar-refractivity contribution in [1.82, 2.24) is 10.6 Å². The molecule has 3 atom stereocenters. The third-order valence-electron chi connectivity index (χ3n) is 5.66. The van der Waals surface area contributed by atoms with Gasteiger partial charge in [-0.05, 0) is 71.1 Å². The molecule has 3 unspecified atom stereocenters. The molecule has 2 heteroatoms. The summed E-state index contributed by atoms with van der Waals surface area (Å²) in [5.74, 6) is 2.56. The second-order valence-electron chi connectivity index (χ2n) is 9.60. The summed E-state index contributed by atoms with van der Waals surface area (Å²) in [6.45, 7) is 16.7. The molecule has 0 aromatic rings. The van der Waals surface area contributed by atoms with E-state index in [0.29, 0.717) is 6.04 Å². The molecule has 2 nitrogen and oxygen atoms in total. The largest absolute Gasteiger partial charge is 0.311 e. The Morgan fingerprint density at radius 3 is 2.10 bits per heavy atom. The van der Waals surface area contributed by atoms with Gasteiger partial charge in [0.25, 0.3) is 0 Å². The van der Waals surface area contributed by atoms with Crippen molar-refractivity contribution in [3.63, 3.8) is 0 Å². The van der Waals surface area contributed by atoms with E-state index in [4.69, 9.17) is 0 Å². The third kappa shape index (κ3) is 4.69. The molecule has 1 saturated heterocycles. The van der Waals surface area contributed by atoms with Gasteiger partial charge in [0.1, 0.15) is 0 Å². The lowest BCUT2D eigenvalue weighted by molar-refractivity contribution is 0.104. The highest BCUT2D eigenvalue weighted by molar-refractivity contribution is 5.01. The Morgan fingerprint density at radius 2 is 1.57 bits per heavy atom. The second-order valence-corrected chi connectivity index (χ2v) is 9.60. The van der Waals surface area contributed by atoms with Gasteiger partial charge in [-0.15, -0.1) is 0 Å². The van der Waals surface area contributed by atoms with Crippen molar-refractivity contribution in [2.45, 2.75) is 104 Å². The van der Waals surface area contributed by atoms with Crippen LogP contribution in [0.4, 0.5) is 0 Å². The van der Waals surface area contributed by atoms with Gasteiger partial charge in [-0.3, -0.25) is 0 Å². The molecular formula is C19H38N2. The molecule has 1 aliphatic heterocycles. The lowest BCUT2D eigenvalue weighted by atomic mass is 9.72. The molecule has 1 aliphatic carbocycles. The molecule has 0 aromatic carbocycles. The average Bonchev–Trinajstić information content (AvgIpc) is 2.23. The van der Waals surface area contributed by atoms with Crippen LogP contribution in [0, 0.1) is 17.8 Å². The maximum atomic E-state index is 4.09. The number of hydrogen-bond donors (Lipinski definition) is 2. The number of piperidine rings is 1. The van der Waals surface area contributed by atoms with Gasteiger partial charge >= 0.3 is 0 Å². The number of nitrogens with one attached hydrogen (secondary N) is 2. The van der Waals surface area contributed by atoms with E-state index in [1.54, 1.807) is 0 Å². The molecular weight excluding hydrogens is 256 g/mol. The Morgan fingerprint density at radius 1 is 1.00 bits per heavy atom. The lowest BCUT2D eigenvalue weighted by Gasteiger charge is -2.49. The predicted octanol–water partition coefficient (Wildman–Crippen LogP) is 4.35. The summed E-state index contributed by atoms with van der Waals surface area (Å²) in [7, 11) is 0. The first-order valence-corrected chi connectivity index (χ1v) is 9.13. The number of rotatable bonds is 3. The molecule has 2 aliphatic rings. The monoisotopic (exact) mass is 294 g/mol. The first kappa shape index (κ1) is 17.3. The maximum Gasteiger partial charge on any atom is 0.0144 e. The van der Waals surface area contributed by atoms with E-state index >= 15 is 0 Å². The van der Waals surface area contributed by atoms with E-state index in [1.807, 2.05) is 0 Å². The fourth-order valence-electron chi connectivity index (χ4n) is 5.14. The van der Waals surface area contributed by atoms with Crippen LogP contribution in [0.15, 0.2) is 0 Å². The second kappa shape index (κ2) is 6.20. The molecule has 2 fully saturated rings. The van der Waals surface area contributed by atoms with E-state index in [9.17, 15) is 0 Å². The highest BCUT2D eigenvalue weighted by Crippen LogP contribution is 2.36. The van der Waals surface area contributed by atoms with Crippen LogP contribution in [0.25, 0.3) is 0 Å². The zero-order chi connectivity index (χ0) is 15.8. The Labute approximate surface area is 132 Å². The minimum Gasteiger partial charge on any atom is -0.311 e. The molecule has 0 bridgehead atoms. The Kier molecular flexibility index (Phi) is 5.10. The average molecular weight is 295 g/mol. The van der Waals surface area contributed by atoms with Crippen LogP contribution in [0.3, 0.4) is 0 Å². The normalized spacial score (nSPS) is 36.9. The van der Waals surface area contributed by atoms with Crippen LogP contribution < -0.4 is 10.6 Å². The molecule has 2 rings (SSSR count). The van der Waals surface area contributed by atoms with Crippen LogP contribution in [-0.4, -0.2) is 23.2 Å². The maximum absolute atomic E-state index is 4.09. The Hall–Kier alpha value is -0.0800. The summed E-state index contributed by atoms with van der Waals surface area (Å²) in [5, 5.41) is 7.89. The first-order valence-electron chi connectivity index (χ1n) is 9.13. The molecule has 0 aromatic heterocycles. The van der Waals surface area contributed by atoms with Crippen molar-refractivity contribution >= 4 is 0 Å². The minimum absolute atomic E-state index is 0.243. The fourth-order valence-corrected chi connectivity index (χ4v) is 5.14. The fraction of sp³-hybridized carbons (Fsp3) is 1.00. The molecule has 1 saturated carbocycles. The molecule has 0 spiro atoms. The Bertz CT molecular complexity index is 329. The Balaban J connectivity index is 2.04. The lowest BCUT2D eigenvalue weighted by Crippen LogP contribution is -2.63. The van der Waals surface area contributed by atoms with Crippen molar-refractivity contribution in [2.75, 3.05) is 0 Å². The van der Waals surface area contributed by atoms with Crippen molar-refractivity contribution in [2.24, 2.45) is 17.8 Å². The van der Waals surface area contributed by atoms with Crippen molar-refractivity contribution in [3.8, 4) is 0 Å². The van der Waals surface area contributed by atoms with Gasteiger partial charge in [0.2, 0.25) is 0 Å². The van der Waals surface area contributed by atoms with E-state index < -0.39 is 0 Å². The molecule has 0 amide bonds. The van der Waals surface area contributed by atoms with Gasteiger partial charge < -0.3 is 10.6 Å². The van der Waals surface area contributed by atoms with E-state index in [0.717, 1.165) is 23.8 Å². The van der Waals surface area contributed by atoms with Gasteiger partial charge in [0.05, 0.1) is 0 Å². The van der Waals surface area contributed by atoms with E-state index in [-0.39, 0.29) is 11.1 Å². The topological polar surface area (TPSA) is 24.1 Å². The zero-order valence-electron chi connectivity index (χ0n) is 15.4. The highest BCUT2D eigenvalue weighted by atomic mass is 15.1. The standard InChI is InChI=1S/C19H38N2/c1-13(2)16-9-8-14(3)10-17(16)20-15-11-18(4,5)21-19(6,7)12-15/h13-17,20-21H,8-12H2,1-7H3. The van der Waals surface area contributed by atoms with Gasteiger partial charge in [-0.1, -0.05) is 27.2 Å². The summed E-state index contributed by atoms with van der Waals surface area (Å²) in [5.41, 5.74) is 0.486. The summed E-state index contributed by atoms with van der Waals surface area (Å²) in [6, 6.07) is 1.39. The van der Waals surface area contributed by atoms with E-state index in [1.165, 1.54) is 32.1 Å². The smallest absolute Gasteiger partial charge is 0.0144 e. The summed E-state index contributed by atoms with van der Waals surface area (Å²) in [6.07, 6.45) is 6.68. The number of hydrogen-bond acceptors (Lipinski definition) is 2. The van der Waals surface area contributed by atoms with E-state index in [2.05, 4.69) is 59.1 Å². The van der Waals surface area contributed by atoms with Crippen LogP contribution in [0.1, 0.15) is 80.6 Å². The van der Waals surface area contributed by atoms with Gasteiger partial charge in [0, 0.05) is 23.2 Å². The predicted molar refractivity (Wildman–Crippen MR) is 92.6 cm³/mol. The summed E-state index contributed by atoms with van der Waals surface area (Å²) >= 11 is 0. The zero-order valence-corrected chi connectivity index (χ0v) is 15.4. The molecule has 124 valence electrons. The van der Waals surface area contributed by atoms with Crippen molar-refractivity contribution in [1.29, 1.82) is 0 Å². The van der Waals surface area contributed by atoms with Crippen LogP contribution >= 0.6 is 0 Å². The molecule has 1 heterocycles. The SMILES string of the molecule is CC1CCC(C(C)C)C(NC2CC(C)(C)NC(C)(C)C2)C1. The molecule has 0 radical (unpaired) electrons. The molecule has 2 N–H and O–H groups in total. The van der Waals surface area contributed by atoms with Crippen LogP contribution in [0.5, 0.6) is 0 Å². The summed E-state index contributed by atoms with van der Waals surface area (Å²) < 4.78 is 0. The van der Waals surface area contributed by atoms with Crippen LogP contribution in [0.2, 0.25) is 0 Å². The quantitative estimate of drug-likeness (QED) is 0.809. The first-order chi connectivity index (χ1) is 9.58. The van der Waals surface area contributed by atoms with Crippen molar-refractivity contribution in [3.05, 3.63) is 0 Å². The van der Waals surface area contributed by atoms with Gasteiger partial charge in [0.15, 0.2) is 0 Å². The third-order valence-corrected chi connectivity index (χ3v) is 5.66. The molecule has 21 heavy (non-hydrogen) atoms. The van der Waals surface area contributed by atoms with Crippen LogP contribution in [-0.2, 0) is 0 Å². The highest BCUT2D eigenvalue weighted by Gasteiger charge is 2.40. The van der Waals surface area contributed by atoms with Gasteiger partial charge in [-0.2, -0.15) is 0 Å². The van der Waals surface area contributed by atoms with Gasteiger partial charge in [-0.25, -0.2) is 0 Å².